The molecular weight excluding hydrogens is 345 g/mol. The highest BCUT2D eigenvalue weighted by Gasteiger charge is 2.55. The number of benzene rings is 1. The quantitative estimate of drug-likeness (QED) is 0.600. The molecule has 26 heavy (non-hydrogen) atoms. The van der Waals surface area contributed by atoms with Gasteiger partial charge in [-0.15, -0.1) is 0 Å². The Morgan fingerprint density at radius 2 is 1.50 bits per heavy atom. The normalized spacial score (nSPS) is 24.8. The van der Waals surface area contributed by atoms with Gasteiger partial charge in [0.05, 0.1) is 32.2 Å². The Labute approximate surface area is 150 Å². The van der Waals surface area contributed by atoms with Crippen LogP contribution in [0.2, 0.25) is 0 Å². The number of halogens is 1. The molecule has 1 N–H and O–H groups in total. The molecule has 0 saturated carbocycles. The molecule has 1 saturated heterocycles. The van der Waals surface area contributed by atoms with Crippen molar-refractivity contribution in [3.05, 3.63) is 35.6 Å². The number of ether oxygens (including phenoxy) is 3. The maximum absolute atomic E-state index is 13.3. The van der Waals surface area contributed by atoms with E-state index in [-0.39, 0.29) is 13.2 Å². The summed E-state index contributed by atoms with van der Waals surface area (Å²) < 4.78 is 28.2. The summed E-state index contributed by atoms with van der Waals surface area (Å²) in [5, 5.41) is 2.96. The van der Waals surface area contributed by atoms with Crippen LogP contribution in [-0.4, -0.2) is 44.3 Å². The van der Waals surface area contributed by atoms with Crippen molar-refractivity contribution in [2.75, 3.05) is 20.3 Å². The third-order valence-corrected chi connectivity index (χ3v) is 4.27. The van der Waals surface area contributed by atoms with Crippen LogP contribution in [0, 0.1) is 17.7 Å². The summed E-state index contributed by atoms with van der Waals surface area (Å²) in [6, 6.07) is 3.65. The molecule has 1 aromatic carbocycles. The van der Waals surface area contributed by atoms with Gasteiger partial charge in [0.1, 0.15) is 11.9 Å². The number of carbonyl (C=O) groups excluding carboxylic acids is 3. The van der Waals surface area contributed by atoms with E-state index in [1.165, 1.54) is 31.4 Å². The summed E-state index contributed by atoms with van der Waals surface area (Å²) in [5.41, 5.74) is 0.546. The first-order chi connectivity index (χ1) is 12.4. The van der Waals surface area contributed by atoms with Gasteiger partial charge in [0.2, 0.25) is 0 Å². The number of nitrogens with one attached hydrogen (secondary N) is 1. The molecule has 0 spiro atoms. The minimum Gasteiger partial charge on any atom is -0.468 e. The van der Waals surface area contributed by atoms with Crippen molar-refractivity contribution in [2.45, 2.75) is 25.9 Å². The summed E-state index contributed by atoms with van der Waals surface area (Å²) in [7, 11) is 1.19. The van der Waals surface area contributed by atoms with Gasteiger partial charge in [0, 0.05) is 6.04 Å². The average Bonchev–Trinajstić information content (AvgIpc) is 3.03. The highest BCUT2D eigenvalue weighted by molar-refractivity contribution is 5.91. The van der Waals surface area contributed by atoms with Gasteiger partial charge in [-0.05, 0) is 31.5 Å². The minimum absolute atomic E-state index is 0.0972. The Kier molecular flexibility index (Phi) is 6.68. The number of rotatable bonds is 6. The van der Waals surface area contributed by atoms with E-state index in [9.17, 15) is 18.8 Å². The maximum Gasteiger partial charge on any atom is 0.323 e. The van der Waals surface area contributed by atoms with Gasteiger partial charge in [0.25, 0.3) is 0 Å². The number of esters is 3. The van der Waals surface area contributed by atoms with Crippen molar-refractivity contribution in [2.24, 2.45) is 11.8 Å². The molecular formula is C18H22FNO6. The second-order valence-corrected chi connectivity index (χ2v) is 5.75. The Morgan fingerprint density at radius 3 is 2.00 bits per heavy atom. The number of carbonyl (C=O) groups is 3. The standard InChI is InChI=1S/C18H22FNO6/c1-4-25-16(21)12-13(17(22)26-5-2)15(18(23)24-3)20-14(12)10-6-8-11(19)9-7-10/h6-9,12-15,20H,4-5H2,1-3H3/t12-,13+,14+,15+/m0/s1. The number of hydrogen-bond acceptors (Lipinski definition) is 7. The molecule has 1 aliphatic rings. The fourth-order valence-electron chi connectivity index (χ4n) is 3.17. The Hall–Kier alpha value is -2.48. The molecule has 1 heterocycles. The van der Waals surface area contributed by atoms with Crippen LogP contribution in [0.1, 0.15) is 25.5 Å². The van der Waals surface area contributed by atoms with Crippen LogP contribution in [0.5, 0.6) is 0 Å². The second-order valence-electron chi connectivity index (χ2n) is 5.75. The zero-order valence-electron chi connectivity index (χ0n) is 14.9. The van der Waals surface area contributed by atoms with E-state index in [0.717, 1.165) is 0 Å². The summed E-state index contributed by atoms with van der Waals surface area (Å²) in [4.78, 5) is 37.2. The molecule has 4 atom stereocenters. The highest BCUT2D eigenvalue weighted by Crippen LogP contribution is 2.39. The van der Waals surface area contributed by atoms with E-state index in [4.69, 9.17) is 14.2 Å². The fourth-order valence-corrected chi connectivity index (χ4v) is 3.17. The van der Waals surface area contributed by atoms with E-state index < -0.39 is 47.6 Å². The topological polar surface area (TPSA) is 90.9 Å². The smallest absolute Gasteiger partial charge is 0.323 e. The number of hydrogen-bond donors (Lipinski definition) is 1. The van der Waals surface area contributed by atoms with Crippen LogP contribution in [-0.2, 0) is 28.6 Å². The highest BCUT2D eigenvalue weighted by atomic mass is 19.1. The number of methoxy groups -OCH3 is 1. The second kappa shape index (κ2) is 8.75. The zero-order chi connectivity index (χ0) is 19.3. The minimum atomic E-state index is -1.11. The lowest BCUT2D eigenvalue weighted by atomic mass is 9.84. The van der Waals surface area contributed by atoms with E-state index in [2.05, 4.69) is 5.32 Å². The van der Waals surface area contributed by atoms with Crippen LogP contribution in [0.15, 0.2) is 24.3 Å². The maximum atomic E-state index is 13.3. The lowest BCUT2D eigenvalue weighted by Gasteiger charge is -2.22. The van der Waals surface area contributed by atoms with E-state index in [1.54, 1.807) is 13.8 Å². The SMILES string of the molecule is CCOC(=O)[C@@H]1[C@H](C(=O)OCC)[C@@H](c2ccc(F)cc2)N[C@H]1C(=O)OC. The predicted molar refractivity (Wildman–Crippen MR) is 88.3 cm³/mol. The Bertz CT molecular complexity index is 662. The van der Waals surface area contributed by atoms with Crippen molar-refractivity contribution in [1.29, 1.82) is 0 Å². The van der Waals surface area contributed by atoms with E-state index >= 15 is 0 Å². The van der Waals surface area contributed by atoms with Crippen molar-refractivity contribution < 1.29 is 33.0 Å². The Balaban J connectivity index is 2.47. The average molecular weight is 367 g/mol. The van der Waals surface area contributed by atoms with E-state index in [1.807, 2.05) is 0 Å². The molecule has 0 aromatic heterocycles. The molecule has 1 aromatic rings. The molecule has 0 aliphatic carbocycles. The lowest BCUT2D eigenvalue weighted by Crippen LogP contribution is -2.42. The molecule has 2 rings (SSSR count). The van der Waals surface area contributed by atoms with Crippen LogP contribution in [0.3, 0.4) is 0 Å². The molecule has 0 unspecified atom stereocenters. The molecule has 142 valence electrons. The molecule has 8 heteroatoms. The summed E-state index contributed by atoms with van der Waals surface area (Å²) in [6.45, 7) is 3.48. The van der Waals surface area contributed by atoms with Gasteiger partial charge in [-0.3, -0.25) is 19.7 Å². The van der Waals surface area contributed by atoms with Crippen LogP contribution < -0.4 is 5.32 Å². The molecule has 0 radical (unpaired) electrons. The van der Waals surface area contributed by atoms with Crippen molar-refractivity contribution in [1.82, 2.24) is 5.32 Å². The van der Waals surface area contributed by atoms with Gasteiger partial charge in [-0.25, -0.2) is 4.39 Å². The molecule has 1 fully saturated rings. The van der Waals surface area contributed by atoms with Crippen LogP contribution in [0.4, 0.5) is 4.39 Å². The monoisotopic (exact) mass is 367 g/mol. The van der Waals surface area contributed by atoms with Crippen LogP contribution >= 0.6 is 0 Å². The largest absolute Gasteiger partial charge is 0.468 e. The van der Waals surface area contributed by atoms with Crippen molar-refractivity contribution in [3.8, 4) is 0 Å². The third kappa shape index (κ3) is 4.01. The summed E-state index contributed by atoms with van der Waals surface area (Å²) in [6.07, 6.45) is 0. The zero-order valence-corrected chi connectivity index (χ0v) is 14.9. The van der Waals surface area contributed by atoms with Gasteiger partial charge >= 0.3 is 17.9 Å². The first kappa shape index (κ1) is 19.8. The summed E-state index contributed by atoms with van der Waals surface area (Å²) in [5.74, 6) is -4.59. The first-order valence-corrected chi connectivity index (χ1v) is 8.37. The van der Waals surface area contributed by atoms with Gasteiger partial charge in [-0.2, -0.15) is 0 Å². The first-order valence-electron chi connectivity index (χ1n) is 8.37. The van der Waals surface area contributed by atoms with Crippen molar-refractivity contribution in [3.63, 3.8) is 0 Å². The third-order valence-electron chi connectivity index (χ3n) is 4.27. The Morgan fingerprint density at radius 1 is 0.962 bits per heavy atom. The van der Waals surface area contributed by atoms with Gasteiger partial charge in [0.15, 0.2) is 0 Å². The van der Waals surface area contributed by atoms with Gasteiger partial charge < -0.3 is 14.2 Å². The molecule has 7 nitrogen and oxygen atoms in total. The van der Waals surface area contributed by atoms with E-state index in [0.29, 0.717) is 5.56 Å². The van der Waals surface area contributed by atoms with Crippen molar-refractivity contribution >= 4 is 17.9 Å². The van der Waals surface area contributed by atoms with Crippen LogP contribution in [0.25, 0.3) is 0 Å². The molecule has 0 bridgehead atoms. The molecule has 0 amide bonds. The predicted octanol–water partition coefficient (Wildman–Crippen LogP) is 1.37. The van der Waals surface area contributed by atoms with Gasteiger partial charge in [-0.1, -0.05) is 12.1 Å². The molecule has 1 aliphatic heterocycles. The fraction of sp³-hybridized carbons (Fsp3) is 0.500. The lowest BCUT2D eigenvalue weighted by molar-refractivity contribution is -0.162. The summed E-state index contributed by atoms with van der Waals surface area (Å²) >= 11 is 0.